The second-order valence-corrected chi connectivity index (χ2v) is 7.66. The van der Waals surface area contributed by atoms with Gasteiger partial charge < -0.3 is 10.6 Å². The van der Waals surface area contributed by atoms with Gasteiger partial charge in [0.25, 0.3) is 0 Å². The lowest BCUT2D eigenvalue weighted by atomic mass is 9.82. The van der Waals surface area contributed by atoms with Gasteiger partial charge in [-0.15, -0.1) is 0 Å². The van der Waals surface area contributed by atoms with E-state index < -0.39 is 0 Å². The Morgan fingerprint density at radius 2 is 1.75 bits per heavy atom. The Bertz CT molecular complexity index is 665. The minimum absolute atomic E-state index is 0.0661. The van der Waals surface area contributed by atoms with Gasteiger partial charge in [-0.05, 0) is 50.5 Å². The Hall–Kier alpha value is -2.37. The lowest BCUT2D eigenvalue weighted by molar-refractivity contribution is -0.147. The van der Waals surface area contributed by atoms with Crippen LogP contribution in [0.25, 0.3) is 0 Å². The number of amides is 2. The fourth-order valence-corrected chi connectivity index (χ4v) is 4.12. The number of aliphatic imine (C=N–C) groups is 1. The van der Waals surface area contributed by atoms with E-state index in [0.717, 1.165) is 25.3 Å². The van der Waals surface area contributed by atoms with E-state index in [-0.39, 0.29) is 11.8 Å². The van der Waals surface area contributed by atoms with Crippen molar-refractivity contribution in [3.05, 3.63) is 35.9 Å². The molecule has 3 rings (SSSR count). The molecule has 2 amide bonds. The van der Waals surface area contributed by atoms with E-state index in [0.29, 0.717) is 44.3 Å². The first-order valence-electron chi connectivity index (χ1n) is 10.6. The Labute approximate surface area is 167 Å². The van der Waals surface area contributed by atoms with Crippen molar-refractivity contribution in [1.29, 1.82) is 0 Å². The summed E-state index contributed by atoms with van der Waals surface area (Å²) >= 11 is 0. The van der Waals surface area contributed by atoms with Crippen LogP contribution in [0.5, 0.6) is 0 Å². The molecule has 0 bridgehead atoms. The summed E-state index contributed by atoms with van der Waals surface area (Å²) in [5.74, 6) is 1.30. The zero-order chi connectivity index (χ0) is 19.8. The molecule has 1 aromatic carbocycles. The maximum atomic E-state index is 11.9. The van der Waals surface area contributed by atoms with Gasteiger partial charge in [0.05, 0.1) is 6.54 Å². The summed E-state index contributed by atoms with van der Waals surface area (Å²) in [4.78, 5) is 29.8. The van der Waals surface area contributed by atoms with Crippen LogP contribution in [0.4, 0.5) is 0 Å². The molecule has 2 aliphatic rings. The summed E-state index contributed by atoms with van der Waals surface area (Å²) in [5.41, 5.74) is 1.44. The Morgan fingerprint density at radius 3 is 2.39 bits per heavy atom. The highest BCUT2D eigenvalue weighted by atomic mass is 16.2. The first-order chi connectivity index (χ1) is 13.7. The summed E-state index contributed by atoms with van der Waals surface area (Å²) < 4.78 is 0. The number of hydrogen-bond acceptors (Lipinski definition) is 3. The van der Waals surface area contributed by atoms with Crippen molar-refractivity contribution >= 4 is 17.8 Å². The largest absolute Gasteiger partial charge is 0.357 e. The summed E-state index contributed by atoms with van der Waals surface area (Å²) in [5, 5.41) is 6.82. The molecule has 2 fully saturated rings. The van der Waals surface area contributed by atoms with Gasteiger partial charge in [-0.3, -0.25) is 19.5 Å². The van der Waals surface area contributed by atoms with Crippen LogP contribution in [0.3, 0.4) is 0 Å². The quantitative estimate of drug-likeness (QED) is 0.449. The molecule has 2 N–H and O–H groups in total. The van der Waals surface area contributed by atoms with Gasteiger partial charge in [0, 0.05) is 32.0 Å². The number of benzene rings is 1. The molecule has 6 nitrogen and oxygen atoms in total. The van der Waals surface area contributed by atoms with Gasteiger partial charge in [0.2, 0.25) is 11.8 Å². The Kier molecular flexibility index (Phi) is 7.46. The zero-order valence-corrected chi connectivity index (χ0v) is 16.8. The third-order valence-corrected chi connectivity index (χ3v) is 5.66. The van der Waals surface area contributed by atoms with Gasteiger partial charge >= 0.3 is 0 Å². The summed E-state index contributed by atoms with van der Waals surface area (Å²) in [6.07, 6.45) is 6.21. The predicted molar refractivity (Wildman–Crippen MR) is 111 cm³/mol. The molecule has 1 saturated heterocycles. The lowest BCUT2D eigenvalue weighted by Crippen LogP contribution is -2.45. The van der Waals surface area contributed by atoms with Crippen LogP contribution in [-0.2, 0) is 9.59 Å². The average molecular weight is 385 g/mol. The van der Waals surface area contributed by atoms with E-state index in [2.05, 4.69) is 46.0 Å². The monoisotopic (exact) mass is 384 g/mol. The van der Waals surface area contributed by atoms with Gasteiger partial charge in [0.1, 0.15) is 0 Å². The lowest BCUT2D eigenvalue weighted by Gasteiger charge is -2.30. The van der Waals surface area contributed by atoms with Crippen LogP contribution in [-0.4, -0.2) is 48.3 Å². The van der Waals surface area contributed by atoms with Crippen molar-refractivity contribution in [3.63, 3.8) is 0 Å². The van der Waals surface area contributed by atoms with Crippen molar-refractivity contribution in [1.82, 2.24) is 15.5 Å². The van der Waals surface area contributed by atoms with E-state index in [9.17, 15) is 9.59 Å². The highest BCUT2D eigenvalue weighted by molar-refractivity contribution is 5.97. The maximum absolute atomic E-state index is 11.9. The molecule has 0 atom stereocenters. The van der Waals surface area contributed by atoms with E-state index in [1.54, 1.807) is 0 Å². The van der Waals surface area contributed by atoms with Gasteiger partial charge in [-0.2, -0.15) is 0 Å². The zero-order valence-electron chi connectivity index (χ0n) is 16.8. The summed E-state index contributed by atoms with van der Waals surface area (Å²) in [7, 11) is 0. The molecule has 1 aliphatic heterocycles. The molecule has 28 heavy (non-hydrogen) atoms. The predicted octanol–water partition coefficient (Wildman–Crippen LogP) is 2.81. The third-order valence-electron chi connectivity index (χ3n) is 5.66. The smallest absolute Gasteiger partial charge is 0.229 e. The van der Waals surface area contributed by atoms with Crippen molar-refractivity contribution < 1.29 is 9.59 Å². The fourth-order valence-electron chi connectivity index (χ4n) is 4.12. The molecule has 0 unspecified atom stereocenters. The Balaban J connectivity index is 1.48. The molecular weight excluding hydrogens is 352 g/mol. The van der Waals surface area contributed by atoms with Crippen LogP contribution in [0.1, 0.15) is 63.4 Å². The second-order valence-electron chi connectivity index (χ2n) is 7.66. The van der Waals surface area contributed by atoms with Crippen LogP contribution in [0.15, 0.2) is 35.3 Å². The van der Waals surface area contributed by atoms with E-state index >= 15 is 0 Å². The van der Waals surface area contributed by atoms with Gasteiger partial charge in [0.15, 0.2) is 5.96 Å². The fraction of sp³-hybridized carbons (Fsp3) is 0.591. The molecule has 0 radical (unpaired) electrons. The van der Waals surface area contributed by atoms with Crippen molar-refractivity contribution in [2.75, 3.05) is 19.6 Å². The molecule has 1 aromatic rings. The second kappa shape index (κ2) is 10.2. The van der Waals surface area contributed by atoms with Crippen molar-refractivity contribution in [2.24, 2.45) is 4.99 Å². The molecule has 1 heterocycles. The van der Waals surface area contributed by atoms with Crippen LogP contribution < -0.4 is 10.6 Å². The SMILES string of the molecule is CCNC(=NCCN1C(=O)CCCC1=O)NC1CCC(c2ccccc2)CC1. The normalized spacial score (nSPS) is 23.6. The number of carbonyl (C=O) groups is 2. The molecule has 6 heteroatoms. The Morgan fingerprint density at radius 1 is 1.07 bits per heavy atom. The number of nitrogens with zero attached hydrogens (tertiary/aromatic N) is 2. The number of piperidine rings is 1. The van der Waals surface area contributed by atoms with Crippen molar-refractivity contribution in [3.8, 4) is 0 Å². The van der Waals surface area contributed by atoms with Crippen LogP contribution >= 0.6 is 0 Å². The molecule has 152 valence electrons. The minimum Gasteiger partial charge on any atom is -0.357 e. The topological polar surface area (TPSA) is 73.8 Å². The van der Waals surface area contributed by atoms with Gasteiger partial charge in [-0.1, -0.05) is 30.3 Å². The minimum atomic E-state index is -0.0661. The van der Waals surface area contributed by atoms with Crippen LogP contribution in [0.2, 0.25) is 0 Å². The standard InChI is InChI=1S/C22H32N4O2/c1-2-23-22(24-15-16-26-20(27)9-6-10-21(26)28)25-19-13-11-18(12-14-19)17-7-4-3-5-8-17/h3-5,7-8,18-19H,2,6,9-16H2,1H3,(H2,23,24,25). The average Bonchev–Trinajstić information content (AvgIpc) is 2.71. The molecule has 1 saturated carbocycles. The highest BCUT2D eigenvalue weighted by Crippen LogP contribution is 2.32. The number of likely N-dealkylation sites (tertiary alicyclic amines) is 1. The number of rotatable bonds is 6. The summed E-state index contributed by atoms with van der Waals surface area (Å²) in [6, 6.07) is 11.2. The number of hydrogen-bond donors (Lipinski definition) is 2. The van der Waals surface area contributed by atoms with Crippen molar-refractivity contribution in [2.45, 2.75) is 63.8 Å². The van der Waals surface area contributed by atoms with Crippen LogP contribution in [0, 0.1) is 0 Å². The number of guanidine groups is 1. The summed E-state index contributed by atoms with van der Waals surface area (Å²) in [6.45, 7) is 3.63. The first kappa shape index (κ1) is 20.4. The first-order valence-corrected chi connectivity index (χ1v) is 10.6. The maximum Gasteiger partial charge on any atom is 0.229 e. The van der Waals surface area contributed by atoms with E-state index in [1.807, 2.05) is 6.92 Å². The third kappa shape index (κ3) is 5.57. The molecule has 1 aliphatic carbocycles. The van der Waals surface area contributed by atoms with Gasteiger partial charge in [-0.25, -0.2) is 0 Å². The van der Waals surface area contributed by atoms with E-state index in [4.69, 9.17) is 0 Å². The number of carbonyl (C=O) groups excluding carboxylic acids is 2. The highest BCUT2D eigenvalue weighted by Gasteiger charge is 2.25. The molecular formula is C22H32N4O2. The number of imide groups is 1. The molecule has 0 aromatic heterocycles. The number of nitrogens with one attached hydrogen (secondary N) is 2. The van der Waals surface area contributed by atoms with E-state index in [1.165, 1.54) is 23.3 Å². The molecule has 0 spiro atoms.